The van der Waals surface area contributed by atoms with E-state index in [2.05, 4.69) is 9.97 Å². The number of fused-ring (bicyclic) bond motifs is 1. The number of halogens is 1. The molecule has 3 aromatic rings. The third-order valence-electron chi connectivity index (χ3n) is 4.86. The van der Waals surface area contributed by atoms with Gasteiger partial charge in [0, 0.05) is 43.2 Å². The first kappa shape index (κ1) is 17.8. The first-order chi connectivity index (χ1) is 13.4. The third kappa shape index (κ3) is 3.13. The van der Waals surface area contributed by atoms with Gasteiger partial charge in [-0.25, -0.2) is 14.4 Å². The lowest BCUT2D eigenvalue weighted by atomic mass is 10.0. The van der Waals surface area contributed by atoms with Gasteiger partial charge in [0.15, 0.2) is 0 Å². The number of amides is 1. The highest BCUT2D eigenvalue weighted by molar-refractivity contribution is 5.95. The molecule has 2 aromatic heterocycles. The summed E-state index contributed by atoms with van der Waals surface area (Å²) < 4.78 is 14.5. The van der Waals surface area contributed by atoms with Crippen LogP contribution in [0.1, 0.15) is 27.2 Å². The average molecular weight is 379 g/mol. The topological polar surface area (TPSA) is 94.1 Å². The van der Waals surface area contributed by atoms with Crippen molar-refractivity contribution in [1.29, 1.82) is 0 Å². The van der Waals surface area contributed by atoms with E-state index in [4.69, 9.17) is 5.73 Å². The van der Waals surface area contributed by atoms with Crippen molar-refractivity contribution in [1.82, 2.24) is 19.4 Å². The summed E-state index contributed by atoms with van der Waals surface area (Å²) in [6.07, 6.45) is 3.75. The number of nitrogen functional groups attached to an aromatic ring is 1. The van der Waals surface area contributed by atoms with Gasteiger partial charge in [-0.15, -0.1) is 0 Å². The van der Waals surface area contributed by atoms with Crippen LogP contribution in [0, 0.1) is 12.7 Å². The summed E-state index contributed by atoms with van der Waals surface area (Å²) in [5.41, 5.74) is 8.02. The lowest BCUT2D eigenvalue weighted by molar-refractivity contribution is 0.0730. The predicted molar refractivity (Wildman–Crippen MR) is 102 cm³/mol. The number of aromatic nitrogens is 3. The number of hydrogen-bond donors (Lipinski definition) is 1. The van der Waals surface area contributed by atoms with Gasteiger partial charge >= 0.3 is 0 Å². The molecule has 1 aromatic carbocycles. The second kappa shape index (κ2) is 6.88. The van der Waals surface area contributed by atoms with Crippen molar-refractivity contribution in [2.45, 2.75) is 19.9 Å². The van der Waals surface area contributed by atoms with Crippen molar-refractivity contribution < 1.29 is 9.18 Å². The van der Waals surface area contributed by atoms with Crippen molar-refractivity contribution in [2.75, 3.05) is 12.3 Å². The lowest BCUT2D eigenvalue weighted by Crippen LogP contribution is -2.40. The summed E-state index contributed by atoms with van der Waals surface area (Å²) in [6, 6.07) is 7.25. The fourth-order valence-electron chi connectivity index (χ4n) is 3.35. The van der Waals surface area contributed by atoms with E-state index in [9.17, 15) is 14.0 Å². The Morgan fingerprint density at radius 2 is 1.96 bits per heavy atom. The zero-order chi connectivity index (χ0) is 19.8. The van der Waals surface area contributed by atoms with Gasteiger partial charge in [-0.2, -0.15) is 0 Å². The number of anilines is 1. The highest BCUT2D eigenvalue weighted by atomic mass is 19.1. The molecule has 0 bridgehead atoms. The smallest absolute Gasteiger partial charge is 0.268 e. The Morgan fingerprint density at radius 3 is 2.71 bits per heavy atom. The Bertz CT molecular complexity index is 1120. The standard InChI is InChI=1S/C20H18FN5O2/c1-12-6-9-26(15-4-2-14(21)3-5-15)19(28)17(12)18(27)25-8-7-16-13(11-25)10-23-20(22)24-16/h2-6,9-10H,7-8,11H2,1H3,(H2,22,23,24). The Morgan fingerprint density at radius 1 is 1.21 bits per heavy atom. The van der Waals surface area contributed by atoms with Crippen molar-refractivity contribution in [3.8, 4) is 5.69 Å². The van der Waals surface area contributed by atoms with Gasteiger partial charge in [-0.1, -0.05) is 0 Å². The summed E-state index contributed by atoms with van der Waals surface area (Å²) in [5.74, 6) is -0.531. The maximum atomic E-state index is 13.2. The molecular weight excluding hydrogens is 361 g/mol. The van der Waals surface area contributed by atoms with E-state index in [1.54, 1.807) is 30.3 Å². The molecule has 0 atom stereocenters. The van der Waals surface area contributed by atoms with Crippen LogP contribution >= 0.6 is 0 Å². The number of carbonyl (C=O) groups excluding carboxylic acids is 1. The molecule has 142 valence electrons. The summed E-state index contributed by atoms with van der Waals surface area (Å²) in [6.45, 7) is 2.48. The fourth-order valence-corrected chi connectivity index (χ4v) is 3.35. The monoisotopic (exact) mass is 379 g/mol. The van der Waals surface area contributed by atoms with Gasteiger partial charge in [-0.3, -0.25) is 14.2 Å². The first-order valence-corrected chi connectivity index (χ1v) is 8.82. The second-order valence-corrected chi connectivity index (χ2v) is 6.70. The summed E-state index contributed by atoms with van der Waals surface area (Å²) in [7, 11) is 0. The normalized spacial score (nSPS) is 13.3. The molecule has 0 spiro atoms. The quantitative estimate of drug-likeness (QED) is 0.733. The molecule has 0 fully saturated rings. The molecule has 0 aliphatic carbocycles. The number of benzene rings is 1. The Balaban J connectivity index is 1.70. The zero-order valence-electron chi connectivity index (χ0n) is 15.2. The van der Waals surface area contributed by atoms with Crippen LogP contribution in [0.15, 0.2) is 47.5 Å². The maximum Gasteiger partial charge on any atom is 0.268 e. The minimum atomic E-state index is -0.434. The minimum Gasteiger partial charge on any atom is -0.368 e. The number of hydrogen-bond acceptors (Lipinski definition) is 5. The fraction of sp³-hybridized carbons (Fsp3) is 0.200. The molecule has 7 nitrogen and oxygen atoms in total. The number of pyridine rings is 1. The van der Waals surface area contributed by atoms with E-state index in [1.165, 1.54) is 28.8 Å². The van der Waals surface area contributed by atoms with Crippen molar-refractivity contribution in [3.63, 3.8) is 0 Å². The van der Waals surface area contributed by atoms with Crippen LogP contribution in [0.5, 0.6) is 0 Å². The highest BCUT2D eigenvalue weighted by Gasteiger charge is 2.26. The van der Waals surface area contributed by atoms with Crippen molar-refractivity contribution in [2.24, 2.45) is 0 Å². The van der Waals surface area contributed by atoms with Crippen molar-refractivity contribution >= 4 is 11.9 Å². The molecule has 3 heterocycles. The van der Waals surface area contributed by atoms with Gasteiger partial charge < -0.3 is 10.6 Å². The zero-order valence-corrected chi connectivity index (χ0v) is 15.2. The average Bonchev–Trinajstić information content (AvgIpc) is 2.68. The van der Waals surface area contributed by atoms with Gasteiger partial charge in [0.2, 0.25) is 5.95 Å². The molecule has 2 N–H and O–H groups in total. The number of rotatable bonds is 2. The van der Waals surface area contributed by atoms with E-state index < -0.39 is 11.4 Å². The number of nitrogens with two attached hydrogens (primary N) is 1. The van der Waals surface area contributed by atoms with Gasteiger partial charge in [-0.05, 0) is 42.8 Å². The molecule has 28 heavy (non-hydrogen) atoms. The van der Waals surface area contributed by atoms with Gasteiger partial charge in [0.1, 0.15) is 11.4 Å². The molecule has 0 radical (unpaired) electrons. The van der Waals surface area contributed by atoms with Crippen LogP contribution in [0.25, 0.3) is 5.69 Å². The molecule has 0 saturated carbocycles. The molecule has 8 heteroatoms. The van der Waals surface area contributed by atoms with Crippen LogP contribution < -0.4 is 11.3 Å². The van der Waals surface area contributed by atoms with E-state index >= 15 is 0 Å². The van der Waals surface area contributed by atoms with E-state index in [0.29, 0.717) is 30.8 Å². The lowest BCUT2D eigenvalue weighted by Gasteiger charge is -2.28. The molecule has 0 unspecified atom stereocenters. The second-order valence-electron chi connectivity index (χ2n) is 6.70. The van der Waals surface area contributed by atoms with Crippen LogP contribution in [0.2, 0.25) is 0 Å². The number of nitrogens with zero attached hydrogens (tertiary/aromatic N) is 4. The maximum absolute atomic E-state index is 13.2. The molecule has 1 aliphatic heterocycles. The molecule has 4 rings (SSSR count). The number of aryl methyl sites for hydroxylation is 1. The molecule has 0 saturated heterocycles. The first-order valence-electron chi connectivity index (χ1n) is 8.82. The van der Waals surface area contributed by atoms with Crippen LogP contribution in [0.3, 0.4) is 0 Å². The summed E-state index contributed by atoms with van der Waals surface area (Å²) >= 11 is 0. The largest absolute Gasteiger partial charge is 0.368 e. The Labute approximate surface area is 160 Å². The predicted octanol–water partition coefficient (Wildman–Crippen LogP) is 1.86. The number of carbonyl (C=O) groups is 1. The van der Waals surface area contributed by atoms with Crippen molar-refractivity contribution in [3.05, 3.63) is 81.3 Å². The van der Waals surface area contributed by atoms with E-state index in [-0.39, 0.29) is 17.4 Å². The van der Waals surface area contributed by atoms with Gasteiger partial charge in [0.25, 0.3) is 11.5 Å². The third-order valence-corrected chi connectivity index (χ3v) is 4.86. The van der Waals surface area contributed by atoms with Crippen LogP contribution in [-0.2, 0) is 13.0 Å². The SMILES string of the molecule is Cc1ccn(-c2ccc(F)cc2)c(=O)c1C(=O)N1CCc2nc(N)ncc2C1. The van der Waals surface area contributed by atoms with Crippen LogP contribution in [0.4, 0.5) is 10.3 Å². The molecular formula is C20H18FN5O2. The molecule has 1 amide bonds. The Hall–Kier alpha value is -3.55. The highest BCUT2D eigenvalue weighted by Crippen LogP contribution is 2.19. The minimum absolute atomic E-state index is 0.103. The van der Waals surface area contributed by atoms with E-state index in [0.717, 1.165) is 11.3 Å². The molecule has 1 aliphatic rings. The summed E-state index contributed by atoms with van der Waals surface area (Å²) in [5, 5.41) is 0. The van der Waals surface area contributed by atoms with E-state index in [1.807, 2.05) is 0 Å². The summed E-state index contributed by atoms with van der Waals surface area (Å²) in [4.78, 5) is 36.0. The van der Waals surface area contributed by atoms with Crippen LogP contribution in [-0.4, -0.2) is 31.9 Å². The Kier molecular flexibility index (Phi) is 4.38. The van der Waals surface area contributed by atoms with Gasteiger partial charge in [0.05, 0.1) is 5.69 Å².